The molecule has 6 rings (SSSR count). The van der Waals surface area contributed by atoms with Crippen LogP contribution >= 0.6 is 21.6 Å². The highest BCUT2D eigenvalue weighted by Crippen LogP contribution is 2.52. The van der Waals surface area contributed by atoms with Gasteiger partial charge in [-0.2, -0.15) is 0 Å². The predicted molar refractivity (Wildman–Crippen MR) is 180 cm³/mol. The Morgan fingerprint density at radius 1 is 0.400 bits per heavy atom. The molecule has 0 aliphatic rings. The summed E-state index contributed by atoms with van der Waals surface area (Å²) < 4.78 is 0. The Balaban J connectivity index is 1.32. The molecule has 0 N–H and O–H groups in total. The van der Waals surface area contributed by atoms with Gasteiger partial charge >= 0.3 is 0 Å². The predicted octanol–water partition coefficient (Wildman–Crippen LogP) is 12.3. The summed E-state index contributed by atoms with van der Waals surface area (Å²) in [6.45, 7) is 4.65. The second-order valence-corrected chi connectivity index (χ2v) is 12.9. The first-order chi connectivity index (χ1) is 19.8. The van der Waals surface area contributed by atoms with Gasteiger partial charge in [-0.1, -0.05) is 169 Å². The van der Waals surface area contributed by atoms with Gasteiger partial charge in [-0.05, 0) is 67.8 Å². The van der Waals surface area contributed by atoms with Crippen LogP contribution in [0.2, 0.25) is 0 Å². The van der Waals surface area contributed by atoms with Crippen LogP contribution in [0.4, 0.5) is 0 Å². The molecule has 0 radical (unpaired) electrons. The summed E-state index contributed by atoms with van der Waals surface area (Å²) in [6.07, 6.45) is 2.17. The standard InChI is InChI=1S/C38H34S2/c1-3-37(35-23-11-9-21-33(35)31-25-13-17-27-15-5-7-19-29(27)31)39-40-38(4-2)36-24-12-10-22-34(36)32-26-14-18-28-16-6-8-20-30(28)32/h5-26,37-38H,3-4H2,1-2H3/t37-,38-/m1/s1. The molecule has 0 bridgehead atoms. The maximum absolute atomic E-state index is 2.34. The van der Waals surface area contributed by atoms with Crippen LogP contribution in [0.3, 0.4) is 0 Å². The van der Waals surface area contributed by atoms with Crippen LogP contribution in [-0.2, 0) is 0 Å². The lowest BCUT2D eigenvalue weighted by Gasteiger charge is -2.24. The molecule has 0 amide bonds. The summed E-state index contributed by atoms with van der Waals surface area (Å²) >= 11 is 0. The third-order valence-electron chi connectivity index (χ3n) is 7.80. The van der Waals surface area contributed by atoms with Crippen LogP contribution in [0.15, 0.2) is 133 Å². The van der Waals surface area contributed by atoms with E-state index >= 15 is 0 Å². The first kappa shape index (κ1) is 26.7. The van der Waals surface area contributed by atoms with Gasteiger partial charge in [-0.3, -0.25) is 0 Å². The topological polar surface area (TPSA) is 0 Å². The highest BCUT2D eigenvalue weighted by atomic mass is 33.1. The second-order valence-electron chi connectivity index (χ2n) is 10.2. The molecule has 2 atom stereocenters. The first-order valence-electron chi connectivity index (χ1n) is 14.2. The Morgan fingerprint density at radius 3 is 1.20 bits per heavy atom. The molecule has 40 heavy (non-hydrogen) atoms. The summed E-state index contributed by atoms with van der Waals surface area (Å²) in [5, 5.41) is 6.03. The molecule has 0 saturated heterocycles. The van der Waals surface area contributed by atoms with E-state index < -0.39 is 0 Å². The zero-order valence-corrected chi connectivity index (χ0v) is 24.7. The average molecular weight is 555 g/mol. The van der Waals surface area contributed by atoms with E-state index in [2.05, 4.69) is 147 Å². The summed E-state index contributed by atoms with van der Waals surface area (Å²) in [4.78, 5) is 0. The fourth-order valence-corrected chi connectivity index (χ4v) is 9.18. The number of fused-ring (bicyclic) bond motifs is 2. The lowest BCUT2D eigenvalue weighted by molar-refractivity contribution is 0.895. The third-order valence-corrected chi connectivity index (χ3v) is 11.3. The first-order valence-corrected chi connectivity index (χ1v) is 16.5. The molecule has 0 fully saturated rings. The van der Waals surface area contributed by atoms with Gasteiger partial charge in [0.25, 0.3) is 0 Å². The maximum Gasteiger partial charge on any atom is 0.0404 e. The number of benzene rings is 6. The zero-order valence-electron chi connectivity index (χ0n) is 23.1. The van der Waals surface area contributed by atoms with E-state index in [9.17, 15) is 0 Å². The van der Waals surface area contributed by atoms with E-state index in [1.807, 2.05) is 21.6 Å². The van der Waals surface area contributed by atoms with Crippen molar-refractivity contribution in [1.82, 2.24) is 0 Å². The van der Waals surface area contributed by atoms with Gasteiger partial charge in [0, 0.05) is 10.5 Å². The van der Waals surface area contributed by atoms with Crippen LogP contribution in [-0.4, -0.2) is 0 Å². The SMILES string of the molecule is CC[C@@H](SS[C@H](CC)c1ccccc1-c1cccc2ccccc12)c1ccccc1-c1cccc2ccccc12. The van der Waals surface area contributed by atoms with Gasteiger partial charge in [0.15, 0.2) is 0 Å². The molecule has 0 saturated carbocycles. The number of rotatable bonds is 9. The van der Waals surface area contributed by atoms with Gasteiger partial charge in [-0.25, -0.2) is 0 Å². The van der Waals surface area contributed by atoms with Crippen molar-refractivity contribution in [2.45, 2.75) is 37.2 Å². The van der Waals surface area contributed by atoms with Crippen molar-refractivity contribution in [3.05, 3.63) is 145 Å². The van der Waals surface area contributed by atoms with Crippen molar-refractivity contribution in [1.29, 1.82) is 0 Å². The van der Waals surface area contributed by atoms with Crippen LogP contribution < -0.4 is 0 Å². The molecule has 6 aromatic carbocycles. The van der Waals surface area contributed by atoms with Crippen molar-refractivity contribution in [2.75, 3.05) is 0 Å². The average Bonchev–Trinajstić information content (AvgIpc) is 3.03. The van der Waals surface area contributed by atoms with Crippen molar-refractivity contribution in [3.63, 3.8) is 0 Å². The number of hydrogen-bond donors (Lipinski definition) is 0. The zero-order chi connectivity index (χ0) is 27.3. The largest absolute Gasteiger partial charge is 0.0853 e. The van der Waals surface area contributed by atoms with E-state index in [1.54, 1.807) is 0 Å². The molecule has 0 aliphatic carbocycles. The summed E-state index contributed by atoms with van der Waals surface area (Å²) in [5.41, 5.74) is 8.20. The maximum atomic E-state index is 2.34. The van der Waals surface area contributed by atoms with Gasteiger partial charge in [-0.15, -0.1) is 0 Å². The molecular formula is C38H34S2. The van der Waals surface area contributed by atoms with Gasteiger partial charge < -0.3 is 0 Å². The smallest absolute Gasteiger partial charge is 0.0404 e. The Labute approximate surface area is 246 Å². The van der Waals surface area contributed by atoms with E-state index in [1.165, 1.54) is 54.9 Å². The minimum atomic E-state index is 0.402. The molecule has 0 nitrogen and oxygen atoms in total. The highest BCUT2D eigenvalue weighted by molar-refractivity contribution is 8.76. The van der Waals surface area contributed by atoms with E-state index in [0.717, 1.165) is 12.8 Å². The van der Waals surface area contributed by atoms with Crippen molar-refractivity contribution < 1.29 is 0 Å². The summed E-state index contributed by atoms with van der Waals surface area (Å²) in [5.74, 6) is 0. The third kappa shape index (κ3) is 5.31. The molecule has 198 valence electrons. The fraction of sp³-hybridized carbons (Fsp3) is 0.158. The minimum absolute atomic E-state index is 0.402. The van der Waals surface area contributed by atoms with E-state index in [4.69, 9.17) is 0 Å². The van der Waals surface area contributed by atoms with Crippen LogP contribution in [0.5, 0.6) is 0 Å². The molecule has 0 heterocycles. The summed E-state index contributed by atoms with van der Waals surface area (Å²) in [7, 11) is 4.08. The summed E-state index contributed by atoms with van der Waals surface area (Å²) in [6, 6.07) is 48.9. The molecular weight excluding hydrogens is 521 g/mol. The fourth-order valence-electron chi connectivity index (χ4n) is 5.78. The molecule has 2 heteroatoms. The molecule has 0 spiro atoms. The van der Waals surface area contributed by atoms with Crippen molar-refractivity contribution in [2.24, 2.45) is 0 Å². The molecule has 6 aromatic rings. The van der Waals surface area contributed by atoms with Gasteiger partial charge in [0.05, 0.1) is 0 Å². The molecule has 0 aromatic heterocycles. The van der Waals surface area contributed by atoms with Crippen molar-refractivity contribution >= 4 is 43.1 Å². The van der Waals surface area contributed by atoms with Crippen LogP contribution in [0, 0.1) is 0 Å². The van der Waals surface area contributed by atoms with Crippen LogP contribution in [0.1, 0.15) is 48.3 Å². The highest BCUT2D eigenvalue weighted by Gasteiger charge is 2.21. The van der Waals surface area contributed by atoms with Crippen LogP contribution in [0.25, 0.3) is 43.8 Å². The monoisotopic (exact) mass is 554 g/mol. The number of hydrogen-bond acceptors (Lipinski definition) is 2. The minimum Gasteiger partial charge on any atom is -0.0853 e. The Morgan fingerprint density at radius 2 is 0.750 bits per heavy atom. The van der Waals surface area contributed by atoms with E-state index in [-0.39, 0.29) is 0 Å². The van der Waals surface area contributed by atoms with Gasteiger partial charge in [0.1, 0.15) is 0 Å². The second kappa shape index (κ2) is 12.4. The molecule has 0 unspecified atom stereocenters. The van der Waals surface area contributed by atoms with E-state index in [0.29, 0.717) is 10.5 Å². The molecule has 0 aliphatic heterocycles. The van der Waals surface area contributed by atoms with Gasteiger partial charge in [0.2, 0.25) is 0 Å². The lowest BCUT2D eigenvalue weighted by Crippen LogP contribution is -1.98. The lowest BCUT2D eigenvalue weighted by atomic mass is 9.93. The Kier molecular flexibility index (Phi) is 8.27. The van der Waals surface area contributed by atoms with Crippen molar-refractivity contribution in [3.8, 4) is 22.3 Å². The quantitative estimate of drug-likeness (QED) is 0.163. The normalized spacial score (nSPS) is 12.9. The Bertz CT molecular complexity index is 1610. The Hall–Kier alpha value is -3.46.